The summed E-state index contributed by atoms with van der Waals surface area (Å²) in [6.45, 7) is 5.69. The first-order valence-electron chi connectivity index (χ1n) is 7.24. The minimum Gasteiger partial charge on any atom is -0.393 e. The van der Waals surface area contributed by atoms with Crippen molar-refractivity contribution in [1.29, 1.82) is 0 Å². The van der Waals surface area contributed by atoms with Crippen LogP contribution in [0.25, 0.3) is 11.2 Å². The van der Waals surface area contributed by atoms with Crippen molar-refractivity contribution in [1.82, 2.24) is 19.1 Å². The first-order valence-corrected chi connectivity index (χ1v) is 7.24. The van der Waals surface area contributed by atoms with Gasteiger partial charge in [-0.05, 0) is 32.9 Å². The molecular formula is C14H21N5O3. The topological polar surface area (TPSA) is 105 Å². The molecular weight excluding hydrogens is 286 g/mol. The molecule has 0 aliphatic heterocycles. The fourth-order valence-electron chi connectivity index (χ4n) is 2.38. The third-order valence-electron chi connectivity index (χ3n) is 3.54. The molecule has 0 radical (unpaired) electrons. The number of fused-ring (bicyclic) bond motifs is 1. The van der Waals surface area contributed by atoms with Gasteiger partial charge in [-0.15, -0.1) is 0 Å². The maximum absolute atomic E-state index is 12.4. The van der Waals surface area contributed by atoms with Gasteiger partial charge in [-0.3, -0.25) is 18.9 Å². The highest BCUT2D eigenvalue weighted by atomic mass is 16.3. The Morgan fingerprint density at radius 1 is 1.41 bits per heavy atom. The second-order valence-electron chi connectivity index (χ2n) is 5.41. The van der Waals surface area contributed by atoms with Crippen molar-refractivity contribution in [3.63, 3.8) is 0 Å². The zero-order chi connectivity index (χ0) is 16.3. The fraction of sp³-hybridized carbons (Fsp3) is 0.571. The summed E-state index contributed by atoms with van der Waals surface area (Å²) in [7, 11) is 1.59. The van der Waals surface area contributed by atoms with E-state index in [-0.39, 0.29) is 23.9 Å². The van der Waals surface area contributed by atoms with E-state index in [1.54, 1.807) is 14.0 Å². The van der Waals surface area contributed by atoms with Crippen molar-refractivity contribution in [3.05, 3.63) is 26.7 Å². The highest BCUT2D eigenvalue weighted by Gasteiger charge is 2.14. The number of aliphatic hydroxyl groups is 1. The zero-order valence-corrected chi connectivity index (χ0v) is 12.9. The number of nitrogens with one attached hydrogen (secondary N) is 1. The summed E-state index contributed by atoms with van der Waals surface area (Å²) in [6.07, 6.45) is 1.68. The highest BCUT2D eigenvalue weighted by molar-refractivity contribution is 5.69. The summed E-state index contributed by atoms with van der Waals surface area (Å²) in [5.74, 6) is 0.504. The number of aryl methyl sites for hydroxylation is 1. The number of H-pyrrole nitrogens is 1. The number of aromatic nitrogens is 4. The molecule has 0 aliphatic rings. The van der Waals surface area contributed by atoms with Gasteiger partial charge >= 0.3 is 5.69 Å². The van der Waals surface area contributed by atoms with E-state index in [0.29, 0.717) is 36.4 Å². The first-order chi connectivity index (χ1) is 10.5. The number of hydrogen-bond acceptors (Lipinski definition) is 5. The molecule has 22 heavy (non-hydrogen) atoms. The molecule has 0 spiro atoms. The average molecular weight is 307 g/mol. The molecule has 8 heteroatoms. The van der Waals surface area contributed by atoms with Gasteiger partial charge in [0.15, 0.2) is 5.65 Å². The number of rotatable bonds is 7. The van der Waals surface area contributed by atoms with E-state index in [4.69, 9.17) is 0 Å². The van der Waals surface area contributed by atoms with E-state index in [1.165, 1.54) is 9.13 Å². The minimum absolute atomic E-state index is 0.261. The first kappa shape index (κ1) is 16.2. The number of aromatic amines is 1. The third-order valence-corrected chi connectivity index (χ3v) is 3.54. The molecule has 0 unspecified atom stereocenters. The summed E-state index contributed by atoms with van der Waals surface area (Å²) in [5, 5.41) is 9.24. The number of aliphatic hydroxyl groups excluding tert-OH is 1. The van der Waals surface area contributed by atoms with Gasteiger partial charge in [-0.25, -0.2) is 9.78 Å². The zero-order valence-electron chi connectivity index (χ0n) is 12.9. The van der Waals surface area contributed by atoms with Crippen molar-refractivity contribution in [3.8, 4) is 0 Å². The molecule has 0 aliphatic carbocycles. The number of nitrogens with zero attached hydrogens (tertiary/aromatic N) is 4. The Hall–Kier alpha value is -2.22. The third kappa shape index (κ3) is 3.16. The van der Waals surface area contributed by atoms with Gasteiger partial charge in [0, 0.05) is 13.6 Å². The van der Waals surface area contributed by atoms with Gasteiger partial charge in [0.1, 0.15) is 11.3 Å². The SMILES string of the molecule is C=NCc1nc2c([nH]1)c(=O)n(CCCC[C@@H](C)O)c(=O)n2C. The van der Waals surface area contributed by atoms with E-state index in [0.717, 1.165) is 6.42 Å². The predicted octanol–water partition coefficient (Wildman–Crippen LogP) is 0.175. The van der Waals surface area contributed by atoms with E-state index in [1.807, 2.05) is 0 Å². The van der Waals surface area contributed by atoms with Crippen LogP contribution < -0.4 is 11.2 Å². The maximum atomic E-state index is 12.4. The largest absolute Gasteiger partial charge is 0.393 e. The summed E-state index contributed by atoms with van der Waals surface area (Å²) in [5.41, 5.74) is -0.137. The molecule has 8 nitrogen and oxygen atoms in total. The lowest BCUT2D eigenvalue weighted by Gasteiger charge is -2.08. The molecule has 2 aromatic rings. The van der Waals surface area contributed by atoms with Gasteiger partial charge in [0.05, 0.1) is 12.6 Å². The van der Waals surface area contributed by atoms with E-state index < -0.39 is 0 Å². The summed E-state index contributed by atoms with van der Waals surface area (Å²) in [4.78, 5) is 35.6. The fourth-order valence-corrected chi connectivity index (χ4v) is 2.38. The van der Waals surface area contributed by atoms with Crippen molar-refractivity contribution in [2.75, 3.05) is 0 Å². The van der Waals surface area contributed by atoms with Crippen LogP contribution in [0.1, 0.15) is 32.0 Å². The molecule has 2 N–H and O–H groups in total. The second kappa shape index (κ2) is 6.69. The molecule has 2 heterocycles. The number of unbranched alkanes of at least 4 members (excludes halogenated alkanes) is 1. The summed E-state index contributed by atoms with van der Waals surface area (Å²) < 4.78 is 2.56. The number of imidazole rings is 1. The normalized spacial score (nSPS) is 12.7. The van der Waals surface area contributed by atoms with Gasteiger partial charge in [-0.2, -0.15) is 0 Å². The lowest BCUT2D eigenvalue weighted by molar-refractivity contribution is 0.180. The lowest BCUT2D eigenvalue weighted by atomic mass is 10.2. The Morgan fingerprint density at radius 2 is 2.14 bits per heavy atom. The van der Waals surface area contributed by atoms with Gasteiger partial charge in [0.25, 0.3) is 5.56 Å². The van der Waals surface area contributed by atoms with Crippen molar-refractivity contribution < 1.29 is 5.11 Å². The predicted molar refractivity (Wildman–Crippen MR) is 84.4 cm³/mol. The molecule has 0 bridgehead atoms. The molecule has 2 aromatic heterocycles. The van der Waals surface area contributed by atoms with Crippen molar-refractivity contribution in [2.45, 2.75) is 45.4 Å². The standard InChI is InChI=1S/C14H21N5O3/c1-9(20)6-4-5-7-19-13(21)11-12(18(3)14(19)22)17-10(16-11)8-15-2/h9,20H,2,4-8H2,1,3H3,(H,16,17)/t9-/m1/s1. The quantitative estimate of drug-likeness (QED) is 0.562. The van der Waals surface area contributed by atoms with Gasteiger partial charge in [-0.1, -0.05) is 0 Å². The van der Waals surface area contributed by atoms with Gasteiger partial charge in [0.2, 0.25) is 0 Å². The van der Waals surface area contributed by atoms with Crippen LogP contribution in [0.3, 0.4) is 0 Å². The van der Waals surface area contributed by atoms with Crippen LogP contribution in [0.5, 0.6) is 0 Å². The van der Waals surface area contributed by atoms with E-state index in [2.05, 4.69) is 21.7 Å². The molecule has 0 aromatic carbocycles. The van der Waals surface area contributed by atoms with Crippen LogP contribution in [0.4, 0.5) is 0 Å². The van der Waals surface area contributed by atoms with Crippen LogP contribution in [0, 0.1) is 0 Å². The summed E-state index contributed by atoms with van der Waals surface area (Å²) in [6, 6.07) is 0. The molecule has 1 atom stereocenters. The highest BCUT2D eigenvalue weighted by Crippen LogP contribution is 2.06. The average Bonchev–Trinajstić information content (AvgIpc) is 2.88. The van der Waals surface area contributed by atoms with E-state index in [9.17, 15) is 14.7 Å². The Balaban J connectivity index is 2.36. The van der Waals surface area contributed by atoms with Crippen LogP contribution in [0.2, 0.25) is 0 Å². The Morgan fingerprint density at radius 3 is 2.77 bits per heavy atom. The Kier molecular flexibility index (Phi) is 4.92. The molecule has 0 saturated heterocycles. The maximum Gasteiger partial charge on any atom is 0.332 e. The minimum atomic E-state index is -0.390. The molecule has 0 saturated carbocycles. The van der Waals surface area contributed by atoms with Crippen molar-refractivity contribution in [2.24, 2.45) is 12.0 Å². The van der Waals surface area contributed by atoms with E-state index >= 15 is 0 Å². The van der Waals surface area contributed by atoms with Crippen LogP contribution in [-0.4, -0.2) is 37.0 Å². The Bertz CT molecular complexity index is 784. The van der Waals surface area contributed by atoms with Crippen LogP contribution in [-0.2, 0) is 20.1 Å². The number of hydrogen-bond donors (Lipinski definition) is 2. The monoisotopic (exact) mass is 307 g/mol. The van der Waals surface area contributed by atoms with Crippen molar-refractivity contribution >= 4 is 17.9 Å². The second-order valence-corrected chi connectivity index (χ2v) is 5.41. The molecule has 0 fully saturated rings. The molecule has 120 valence electrons. The number of aliphatic imine (C=N–C) groups is 1. The lowest BCUT2D eigenvalue weighted by Crippen LogP contribution is -2.39. The van der Waals surface area contributed by atoms with Gasteiger partial charge < -0.3 is 10.1 Å². The smallest absolute Gasteiger partial charge is 0.332 e. The Labute approximate surface area is 127 Å². The van der Waals surface area contributed by atoms with Crippen LogP contribution in [0.15, 0.2) is 14.6 Å². The molecule has 0 amide bonds. The van der Waals surface area contributed by atoms with Crippen LogP contribution >= 0.6 is 0 Å². The molecule has 2 rings (SSSR count). The summed E-state index contributed by atoms with van der Waals surface area (Å²) >= 11 is 0.